The molecule has 0 spiro atoms. The average molecular weight is 205 g/mol. The van der Waals surface area contributed by atoms with Gasteiger partial charge < -0.3 is 9.84 Å². The molecule has 0 fully saturated rings. The van der Waals surface area contributed by atoms with Crippen LogP contribution in [0.2, 0.25) is 5.02 Å². The van der Waals surface area contributed by atoms with Crippen LogP contribution in [0.3, 0.4) is 0 Å². The van der Waals surface area contributed by atoms with Gasteiger partial charge in [0.2, 0.25) is 0 Å². The Labute approximate surface area is 78.7 Å². The molecule has 0 aliphatic carbocycles. The molecular formula is C8H6ClFO3. The van der Waals surface area contributed by atoms with E-state index in [1.54, 1.807) is 0 Å². The fourth-order valence-electron chi connectivity index (χ4n) is 0.838. The molecule has 0 amide bonds. The first-order valence-electron chi connectivity index (χ1n) is 3.32. The van der Waals surface area contributed by atoms with E-state index in [4.69, 9.17) is 21.4 Å². The van der Waals surface area contributed by atoms with Crippen LogP contribution >= 0.6 is 11.6 Å². The summed E-state index contributed by atoms with van der Waals surface area (Å²) < 4.78 is 17.7. The van der Waals surface area contributed by atoms with Crippen molar-refractivity contribution in [2.75, 3.05) is 7.11 Å². The van der Waals surface area contributed by atoms with Gasteiger partial charge in [0.15, 0.2) is 5.82 Å². The molecule has 0 aliphatic rings. The minimum atomic E-state index is -1.38. The van der Waals surface area contributed by atoms with Crippen molar-refractivity contribution >= 4 is 17.6 Å². The maximum Gasteiger partial charge on any atom is 0.338 e. The molecule has 70 valence electrons. The van der Waals surface area contributed by atoms with Gasteiger partial charge in [0, 0.05) is 6.07 Å². The van der Waals surface area contributed by atoms with E-state index in [2.05, 4.69) is 0 Å². The molecule has 0 aliphatic heterocycles. The molecular weight excluding hydrogens is 199 g/mol. The van der Waals surface area contributed by atoms with E-state index in [9.17, 15) is 9.18 Å². The van der Waals surface area contributed by atoms with Crippen molar-refractivity contribution in [3.8, 4) is 5.75 Å². The number of rotatable bonds is 2. The molecule has 0 aromatic heterocycles. The summed E-state index contributed by atoms with van der Waals surface area (Å²) in [5, 5.41) is 8.29. The zero-order chi connectivity index (χ0) is 10.0. The minimum Gasteiger partial charge on any atom is -0.497 e. The second-order valence-corrected chi connectivity index (χ2v) is 2.68. The van der Waals surface area contributed by atoms with Gasteiger partial charge in [0.05, 0.1) is 12.1 Å². The van der Waals surface area contributed by atoms with E-state index < -0.39 is 17.3 Å². The predicted molar refractivity (Wildman–Crippen MR) is 44.9 cm³/mol. The van der Waals surface area contributed by atoms with E-state index in [1.165, 1.54) is 13.2 Å². The lowest BCUT2D eigenvalue weighted by Gasteiger charge is -2.03. The zero-order valence-electron chi connectivity index (χ0n) is 6.67. The van der Waals surface area contributed by atoms with E-state index in [0.717, 1.165) is 6.07 Å². The number of aromatic carboxylic acids is 1. The van der Waals surface area contributed by atoms with Crippen LogP contribution in [0.15, 0.2) is 12.1 Å². The second-order valence-electron chi connectivity index (χ2n) is 2.28. The van der Waals surface area contributed by atoms with Gasteiger partial charge in [-0.25, -0.2) is 9.18 Å². The molecule has 0 heterocycles. The van der Waals surface area contributed by atoms with Gasteiger partial charge >= 0.3 is 5.97 Å². The fourth-order valence-corrected chi connectivity index (χ4v) is 1.05. The molecule has 5 heteroatoms. The van der Waals surface area contributed by atoms with Crippen LogP contribution in [0.1, 0.15) is 10.4 Å². The van der Waals surface area contributed by atoms with Crippen LogP contribution in [0, 0.1) is 5.82 Å². The van der Waals surface area contributed by atoms with Gasteiger partial charge in [-0.05, 0) is 6.07 Å². The third-order valence-corrected chi connectivity index (χ3v) is 1.74. The number of methoxy groups -OCH3 is 1. The predicted octanol–water partition coefficient (Wildman–Crippen LogP) is 2.19. The molecule has 1 rings (SSSR count). The monoisotopic (exact) mass is 204 g/mol. The molecule has 0 saturated heterocycles. The highest BCUT2D eigenvalue weighted by molar-refractivity contribution is 6.31. The van der Waals surface area contributed by atoms with Gasteiger partial charge in [-0.2, -0.15) is 0 Å². The van der Waals surface area contributed by atoms with Crippen molar-refractivity contribution in [3.05, 3.63) is 28.5 Å². The van der Waals surface area contributed by atoms with E-state index in [1.807, 2.05) is 0 Å². The second kappa shape index (κ2) is 3.62. The molecule has 0 radical (unpaired) electrons. The molecule has 1 aromatic carbocycles. The lowest BCUT2D eigenvalue weighted by molar-refractivity contribution is 0.0691. The molecule has 0 unspecified atom stereocenters. The largest absolute Gasteiger partial charge is 0.497 e. The lowest BCUT2D eigenvalue weighted by atomic mass is 10.2. The number of ether oxygens (including phenoxy) is 1. The maximum atomic E-state index is 13.0. The lowest BCUT2D eigenvalue weighted by Crippen LogP contribution is -2.01. The van der Waals surface area contributed by atoms with Crippen molar-refractivity contribution in [1.29, 1.82) is 0 Å². The third-order valence-electron chi connectivity index (χ3n) is 1.47. The Kier molecular flexibility index (Phi) is 2.72. The van der Waals surface area contributed by atoms with E-state index in [-0.39, 0.29) is 10.8 Å². The summed E-state index contributed by atoms with van der Waals surface area (Å²) in [6.07, 6.45) is 0. The first-order valence-corrected chi connectivity index (χ1v) is 3.70. The smallest absolute Gasteiger partial charge is 0.338 e. The first kappa shape index (κ1) is 9.80. The van der Waals surface area contributed by atoms with Gasteiger partial charge in [-0.1, -0.05) is 11.6 Å². The Hall–Kier alpha value is -1.29. The fraction of sp³-hybridized carbons (Fsp3) is 0.125. The molecule has 13 heavy (non-hydrogen) atoms. The highest BCUT2D eigenvalue weighted by atomic mass is 35.5. The summed E-state index contributed by atoms with van der Waals surface area (Å²) >= 11 is 5.42. The van der Waals surface area contributed by atoms with Crippen LogP contribution in [0.25, 0.3) is 0 Å². The summed E-state index contributed by atoms with van der Waals surface area (Å²) in [5.41, 5.74) is -0.496. The highest BCUT2D eigenvalue weighted by Gasteiger charge is 2.15. The molecule has 0 bridgehead atoms. The van der Waals surface area contributed by atoms with Crippen molar-refractivity contribution < 1.29 is 19.0 Å². The Bertz CT molecular complexity index is 351. The number of hydrogen-bond acceptors (Lipinski definition) is 2. The number of benzene rings is 1. The van der Waals surface area contributed by atoms with Gasteiger partial charge in [-0.3, -0.25) is 0 Å². The highest BCUT2D eigenvalue weighted by Crippen LogP contribution is 2.25. The molecule has 0 saturated carbocycles. The van der Waals surface area contributed by atoms with E-state index in [0.29, 0.717) is 0 Å². The van der Waals surface area contributed by atoms with Crippen LogP contribution in [-0.2, 0) is 0 Å². The van der Waals surface area contributed by atoms with Crippen LogP contribution in [0.5, 0.6) is 5.75 Å². The van der Waals surface area contributed by atoms with Gasteiger partial charge in [0.1, 0.15) is 11.3 Å². The Morgan fingerprint density at radius 1 is 1.62 bits per heavy atom. The standard InChI is InChI=1S/C8H6ClFO3/c1-13-4-2-5(8(11)12)7(10)6(9)3-4/h2-3H,1H3,(H,11,12). The number of carbonyl (C=O) groups is 1. The van der Waals surface area contributed by atoms with Gasteiger partial charge in [-0.15, -0.1) is 0 Å². The summed E-state index contributed by atoms with van der Waals surface area (Å²) in [6.45, 7) is 0. The Morgan fingerprint density at radius 3 is 2.69 bits per heavy atom. The third kappa shape index (κ3) is 1.89. The Balaban J connectivity index is 3.33. The molecule has 0 atom stereocenters. The van der Waals surface area contributed by atoms with Crippen molar-refractivity contribution in [2.45, 2.75) is 0 Å². The normalized spacial score (nSPS) is 9.77. The number of halogens is 2. The number of carboxylic acid groups (broad SMARTS) is 1. The van der Waals surface area contributed by atoms with Crippen molar-refractivity contribution in [2.24, 2.45) is 0 Å². The minimum absolute atomic E-state index is 0.212. The van der Waals surface area contributed by atoms with Gasteiger partial charge in [0.25, 0.3) is 0 Å². The SMILES string of the molecule is COc1cc(Cl)c(F)c(C(=O)O)c1. The maximum absolute atomic E-state index is 13.0. The zero-order valence-corrected chi connectivity index (χ0v) is 7.43. The summed E-state index contributed by atoms with van der Waals surface area (Å²) in [4.78, 5) is 10.5. The summed E-state index contributed by atoms with van der Waals surface area (Å²) in [7, 11) is 1.34. The van der Waals surface area contributed by atoms with Crippen LogP contribution < -0.4 is 4.74 Å². The average Bonchev–Trinajstić information content (AvgIpc) is 2.09. The number of carboxylic acids is 1. The molecule has 1 N–H and O–H groups in total. The van der Waals surface area contributed by atoms with E-state index >= 15 is 0 Å². The Morgan fingerprint density at radius 2 is 2.23 bits per heavy atom. The van der Waals surface area contributed by atoms with Crippen molar-refractivity contribution in [3.63, 3.8) is 0 Å². The summed E-state index contributed by atoms with van der Waals surface area (Å²) in [5.74, 6) is -2.11. The number of hydrogen-bond donors (Lipinski definition) is 1. The summed E-state index contributed by atoms with van der Waals surface area (Å²) in [6, 6.07) is 2.28. The first-order chi connectivity index (χ1) is 6.06. The topological polar surface area (TPSA) is 46.5 Å². The van der Waals surface area contributed by atoms with Crippen molar-refractivity contribution in [1.82, 2.24) is 0 Å². The van der Waals surface area contributed by atoms with Crippen LogP contribution in [0.4, 0.5) is 4.39 Å². The quantitative estimate of drug-likeness (QED) is 0.803. The molecule has 3 nitrogen and oxygen atoms in total. The van der Waals surface area contributed by atoms with Crippen LogP contribution in [-0.4, -0.2) is 18.2 Å². The molecule has 1 aromatic rings.